The van der Waals surface area contributed by atoms with Gasteiger partial charge in [-0.3, -0.25) is 14.9 Å². The van der Waals surface area contributed by atoms with E-state index in [0.717, 1.165) is 6.42 Å². The van der Waals surface area contributed by atoms with Gasteiger partial charge in [-0.15, -0.1) is 0 Å². The Kier molecular flexibility index (Phi) is 3.96. The quantitative estimate of drug-likeness (QED) is 0.683. The maximum Gasteiger partial charge on any atom is 0.300 e. The predicted molar refractivity (Wildman–Crippen MR) is 75.8 cm³/mol. The van der Waals surface area contributed by atoms with Crippen LogP contribution >= 0.6 is 11.6 Å². The highest BCUT2D eigenvalue weighted by atomic mass is 35.5. The zero-order valence-electron chi connectivity index (χ0n) is 11.1. The van der Waals surface area contributed by atoms with Crippen molar-refractivity contribution >= 4 is 23.2 Å². The van der Waals surface area contributed by atoms with Crippen molar-refractivity contribution in [2.24, 2.45) is 11.1 Å². The van der Waals surface area contributed by atoms with E-state index in [1.807, 2.05) is 6.92 Å². The fraction of sp³-hybridized carbons (Fsp3) is 0.462. The van der Waals surface area contributed by atoms with E-state index < -0.39 is 4.92 Å². The molecule has 20 heavy (non-hydrogen) atoms. The predicted octanol–water partition coefficient (Wildman–Crippen LogP) is 2.06. The second kappa shape index (κ2) is 5.38. The first-order valence-corrected chi connectivity index (χ1v) is 6.68. The summed E-state index contributed by atoms with van der Waals surface area (Å²) in [5, 5.41) is 11.0. The van der Waals surface area contributed by atoms with E-state index in [2.05, 4.69) is 0 Å². The summed E-state index contributed by atoms with van der Waals surface area (Å²) < 4.78 is 0. The van der Waals surface area contributed by atoms with Crippen molar-refractivity contribution in [2.75, 3.05) is 19.6 Å². The maximum absolute atomic E-state index is 12.5. The van der Waals surface area contributed by atoms with E-state index in [9.17, 15) is 14.9 Å². The summed E-state index contributed by atoms with van der Waals surface area (Å²) in [6.45, 7) is 3.54. The summed E-state index contributed by atoms with van der Waals surface area (Å²) in [5.41, 5.74) is 5.28. The lowest BCUT2D eigenvalue weighted by molar-refractivity contribution is -0.385. The molecule has 0 bridgehead atoms. The molecule has 1 atom stereocenters. The molecule has 0 spiro atoms. The number of benzene rings is 1. The SMILES string of the molecule is CC1(CN)CCN(C(=O)c2cccc(Cl)c2[N+](=O)[O-])C1. The second-order valence-electron chi connectivity index (χ2n) is 5.38. The Morgan fingerprint density at radius 3 is 2.85 bits per heavy atom. The molecule has 0 radical (unpaired) electrons. The highest BCUT2D eigenvalue weighted by Gasteiger charge is 2.37. The van der Waals surface area contributed by atoms with E-state index in [4.69, 9.17) is 17.3 Å². The van der Waals surface area contributed by atoms with Crippen molar-refractivity contribution in [3.63, 3.8) is 0 Å². The molecule has 1 saturated heterocycles. The number of para-hydroxylation sites is 1. The number of amides is 1. The molecule has 1 aliphatic heterocycles. The summed E-state index contributed by atoms with van der Waals surface area (Å²) >= 11 is 5.83. The number of hydrogen-bond acceptors (Lipinski definition) is 4. The van der Waals surface area contributed by atoms with Gasteiger partial charge in [0.2, 0.25) is 0 Å². The summed E-state index contributed by atoms with van der Waals surface area (Å²) in [5.74, 6) is -0.364. The Balaban J connectivity index is 2.32. The van der Waals surface area contributed by atoms with Crippen LogP contribution in [0.25, 0.3) is 0 Å². The molecule has 1 amide bonds. The van der Waals surface area contributed by atoms with Crippen LogP contribution in [-0.2, 0) is 0 Å². The summed E-state index contributed by atoms with van der Waals surface area (Å²) in [6.07, 6.45) is 0.795. The maximum atomic E-state index is 12.5. The monoisotopic (exact) mass is 297 g/mol. The van der Waals surface area contributed by atoms with Crippen LogP contribution < -0.4 is 5.73 Å². The first kappa shape index (κ1) is 14.7. The molecule has 2 rings (SSSR count). The number of likely N-dealkylation sites (tertiary alicyclic amines) is 1. The van der Waals surface area contributed by atoms with Gasteiger partial charge >= 0.3 is 5.69 Å². The number of carbonyl (C=O) groups excluding carboxylic acids is 1. The van der Waals surface area contributed by atoms with Gasteiger partial charge in [0.05, 0.1) is 4.92 Å². The van der Waals surface area contributed by atoms with Crippen LogP contribution in [0.15, 0.2) is 18.2 Å². The smallest absolute Gasteiger partial charge is 0.300 e. The molecular formula is C13H16ClN3O3. The van der Waals surface area contributed by atoms with Crippen LogP contribution in [0.4, 0.5) is 5.69 Å². The number of rotatable bonds is 3. The molecule has 108 valence electrons. The number of carbonyl (C=O) groups is 1. The molecule has 0 aliphatic carbocycles. The Hall–Kier alpha value is -1.66. The normalized spacial score (nSPS) is 22.1. The third-order valence-corrected chi connectivity index (χ3v) is 4.04. The van der Waals surface area contributed by atoms with Gasteiger partial charge in [-0.1, -0.05) is 24.6 Å². The Bertz CT molecular complexity index is 564. The molecule has 1 aromatic rings. The van der Waals surface area contributed by atoms with Gasteiger partial charge in [-0.2, -0.15) is 0 Å². The average molecular weight is 298 g/mol. The van der Waals surface area contributed by atoms with Gasteiger partial charge in [-0.25, -0.2) is 0 Å². The molecule has 1 heterocycles. The van der Waals surface area contributed by atoms with Crippen LogP contribution in [0.3, 0.4) is 0 Å². The number of hydrogen-bond donors (Lipinski definition) is 1. The fourth-order valence-electron chi connectivity index (χ4n) is 2.41. The molecule has 2 N–H and O–H groups in total. The Morgan fingerprint density at radius 1 is 1.60 bits per heavy atom. The van der Waals surface area contributed by atoms with Gasteiger partial charge in [0.1, 0.15) is 10.6 Å². The lowest BCUT2D eigenvalue weighted by Crippen LogP contribution is -2.34. The van der Waals surface area contributed by atoms with Crippen molar-refractivity contribution in [1.82, 2.24) is 4.90 Å². The zero-order valence-corrected chi connectivity index (χ0v) is 11.9. The highest BCUT2D eigenvalue weighted by molar-refractivity contribution is 6.33. The van der Waals surface area contributed by atoms with Gasteiger partial charge in [-0.05, 0) is 30.5 Å². The van der Waals surface area contributed by atoms with Gasteiger partial charge < -0.3 is 10.6 Å². The summed E-state index contributed by atoms with van der Waals surface area (Å²) in [4.78, 5) is 24.5. The molecule has 0 aromatic heterocycles. The van der Waals surface area contributed by atoms with Crippen molar-refractivity contribution in [3.05, 3.63) is 38.9 Å². The largest absolute Gasteiger partial charge is 0.338 e. The standard InChI is InChI=1S/C13H16ClN3O3/c1-13(7-15)5-6-16(8-13)12(18)9-3-2-4-10(14)11(9)17(19)20/h2-4H,5-8,15H2,1H3. The Morgan fingerprint density at radius 2 is 2.30 bits per heavy atom. The van der Waals surface area contributed by atoms with Gasteiger partial charge in [0, 0.05) is 13.1 Å². The van der Waals surface area contributed by atoms with Gasteiger partial charge in [0.25, 0.3) is 5.91 Å². The third-order valence-electron chi connectivity index (χ3n) is 3.74. The van der Waals surface area contributed by atoms with Crippen LogP contribution in [0.1, 0.15) is 23.7 Å². The number of nitro groups is 1. The fourth-order valence-corrected chi connectivity index (χ4v) is 2.65. The average Bonchev–Trinajstić information content (AvgIpc) is 2.80. The minimum absolute atomic E-state index is 0.0263. The molecule has 1 unspecified atom stereocenters. The Labute approximate surface area is 121 Å². The minimum atomic E-state index is -0.617. The summed E-state index contributed by atoms with van der Waals surface area (Å²) in [7, 11) is 0. The van der Waals surface area contributed by atoms with Crippen LogP contribution in [0, 0.1) is 15.5 Å². The lowest BCUT2D eigenvalue weighted by Gasteiger charge is -2.22. The lowest BCUT2D eigenvalue weighted by atomic mass is 9.90. The zero-order chi connectivity index (χ0) is 14.9. The molecule has 1 aliphatic rings. The van der Waals surface area contributed by atoms with Crippen molar-refractivity contribution in [2.45, 2.75) is 13.3 Å². The van der Waals surface area contributed by atoms with Crippen LogP contribution in [-0.4, -0.2) is 35.4 Å². The molecule has 1 fully saturated rings. The third kappa shape index (κ3) is 2.62. The van der Waals surface area contributed by atoms with E-state index in [-0.39, 0.29) is 27.6 Å². The molecule has 6 nitrogen and oxygen atoms in total. The van der Waals surface area contributed by atoms with E-state index in [0.29, 0.717) is 19.6 Å². The van der Waals surface area contributed by atoms with Crippen LogP contribution in [0.5, 0.6) is 0 Å². The number of nitro benzene ring substituents is 1. The van der Waals surface area contributed by atoms with Crippen molar-refractivity contribution < 1.29 is 9.72 Å². The highest BCUT2D eigenvalue weighted by Crippen LogP contribution is 2.33. The second-order valence-corrected chi connectivity index (χ2v) is 5.79. The number of halogens is 1. The van der Waals surface area contributed by atoms with E-state index in [1.54, 1.807) is 11.0 Å². The first-order chi connectivity index (χ1) is 9.38. The number of nitrogens with two attached hydrogens (primary N) is 1. The van der Waals surface area contributed by atoms with Crippen LogP contribution in [0.2, 0.25) is 5.02 Å². The summed E-state index contributed by atoms with van der Waals surface area (Å²) in [6, 6.07) is 4.38. The van der Waals surface area contributed by atoms with E-state index >= 15 is 0 Å². The van der Waals surface area contributed by atoms with Gasteiger partial charge in [0.15, 0.2) is 0 Å². The molecule has 0 saturated carbocycles. The topological polar surface area (TPSA) is 89.5 Å². The van der Waals surface area contributed by atoms with E-state index in [1.165, 1.54) is 12.1 Å². The number of nitrogens with zero attached hydrogens (tertiary/aromatic N) is 2. The molecule has 1 aromatic carbocycles. The van der Waals surface area contributed by atoms with Crippen molar-refractivity contribution in [3.8, 4) is 0 Å². The molecule has 7 heteroatoms. The van der Waals surface area contributed by atoms with Crippen molar-refractivity contribution in [1.29, 1.82) is 0 Å². The molecular weight excluding hydrogens is 282 g/mol. The first-order valence-electron chi connectivity index (χ1n) is 6.30. The minimum Gasteiger partial charge on any atom is -0.338 e.